The van der Waals surface area contributed by atoms with Crippen molar-refractivity contribution < 1.29 is 5.11 Å². The van der Waals surface area contributed by atoms with Crippen molar-refractivity contribution in [2.24, 2.45) is 10.4 Å². The maximum absolute atomic E-state index is 9.26. The normalized spacial score (nSPS) is 17.6. The minimum absolute atomic E-state index is 0.0984. The van der Waals surface area contributed by atoms with E-state index in [1.165, 1.54) is 18.6 Å². The fraction of sp³-hybridized carbons (Fsp3) is 0.923. The molecule has 1 aliphatic rings. The number of hydrogen-bond donors (Lipinski definition) is 3. The van der Waals surface area contributed by atoms with Crippen LogP contribution in [0.2, 0.25) is 0 Å². The molecule has 0 heterocycles. The van der Waals surface area contributed by atoms with Crippen LogP contribution in [0, 0.1) is 5.41 Å². The van der Waals surface area contributed by atoms with Crippen molar-refractivity contribution in [3.63, 3.8) is 0 Å². The van der Waals surface area contributed by atoms with Gasteiger partial charge in [0.25, 0.3) is 0 Å². The Labute approximate surface area is 115 Å². The van der Waals surface area contributed by atoms with Crippen molar-refractivity contribution in [1.29, 1.82) is 0 Å². The number of aliphatic hydroxyl groups is 1. The van der Waals surface area contributed by atoms with Crippen molar-refractivity contribution in [3.05, 3.63) is 0 Å². The second-order valence-corrected chi connectivity index (χ2v) is 5.97. The van der Waals surface area contributed by atoms with E-state index in [9.17, 15) is 5.11 Å². The summed E-state index contributed by atoms with van der Waals surface area (Å²) in [5, 5.41) is 15.9. The van der Waals surface area contributed by atoms with Gasteiger partial charge in [0.05, 0.1) is 13.2 Å². The van der Waals surface area contributed by atoms with E-state index in [4.69, 9.17) is 0 Å². The van der Waals surface area contributed by atoms with Gasteiger partial charge in [-0.1, -0.05) is 0 Å². The van der Waals surface area contributed by atoms with Crippen LogP contribution in [0.4, 0.5) is 0 Å². The first-order chi connectivity index (χ1) is 8.76. The van der Waals surface area contributed by atoms with E-state index in [1.54, 1.807) is 0 Å². The minimum atomic E-state index is 0.0984. The summed E-state index contributed by atoms with van der Waals surface area (Å²) < 4.78 is 0. The van der Waals surface area contributed by atoms with Gasteiger partial charge in [0.15, 0.2) is 5.96 Å². The van der Waals surface area contributed by atoms with Gasteiger partial charge < -0.3 is 15.7 Å². The molecule has 4 nitrogen and oxygen atoms in total. The molecule has 1 rings (SSSR count). The molecule has 0 unspecified atom stereocenters. The van der Waals surface area contributed by atoms with Crippen LogP contribution in [0.15, 0.2) is 4.99 Å². The van der Waals surface area contributed by atoms with E-state index in [2.05, 4.69) is 28.8 Å². The monoisotopic (exact) mass is 273 g/mol. The van der Waals surface area contributed by atoms with Gasteiger partial charge in [0.1, 0.15) is 0 Å². The number of guanidine groups is 1. The third kappa shape index (κ3) is 5.96. The second-order valence-electron chi connectivity index (χ2n) is 4.98. The van der Waals surface area contributed by atoms with Gasteiger partial charge in [-0.2, -0.15) is 11.8 Å². The lowest BCUT2D eigenvalue weighted by atomic mass is 10.1. The minimum Gasteiger partial charge on any atom is -0.396 e. The molecule has 3 N–H and O–H groups in total. The molecule has 1 aliphatic carbocycles. The van der Waals surface area contributed by atoms with Crippen LogP contribution < -0.4 is 10.6 Å². The summed E-state index contributed by atoms with van der Waals surface area (Å²) in [6.07, 6.45) is 6.79. The SMILES string of the molecule is CCNC(=NCC1(CO)CC1)NCCCCSC. The fourth-order valence-corrected chi connectivity index (χ4v) is 2.20. The summed E-state index contributed by atoms with van der Waals surface area (Å²) in [7, 11) is 0. The molecular formula is C13H27N3OS. The zero-order valence-corrected chi connectivity index (χ0v) is 12.5. The van der Waals surface area contributed by atoms with Gasteiger partial charge in [0.2, 0.25) is 0 Å². The fourth-order valence-electron chi connectivity index (χ4n) is 1.71. The molecule has 1 saturated carbocycles. The van der Waals surface area contributed by atoms with Crippen molar-refractivity contribution in [2.45, 2.75) is 32.6 Å². The molecule has 0 aromatic heterocycles. The molecule has 0 radical (unpaired) electrons. The third-order valence-corrected chi connectivity index (χ3v) is 3.97. The van der Waals surface area contributed by atoms with Crippen molar-refractivity contribution in [1.82, 2.24) is 10.6 Å². The first-order valence-electron chi connectivity index (χ1n) is 6.88. The molecular weight excluding hydrogens is 246 g/mol. The summed E-state index contributed by atoms with van der Waals surface area (Å²) in [6, 6.07) is 0. The lowest BCUT2D eigenvalue weighted by Gasteiger charge is -2.13. The molecule has 0 spiro atoms. The molecule has 0 bridgehead atoms. The van der Waals surface area contributed by atoms with E-state index in [0.29, 0.717) is 0 Å². The van der Waals surface area contributed by atoms with E-state index in [1.807, 2.05) is 11.8 Å². The van der Waals surface area contributed by atoms with Crippen molar-refractivity contribution in [2.75, 3.05) is 38.2 Å². The summed E-state index contributed by atoms with van der Waals surface area (Å²) in [6.45, 7) is 4.93. The highest BCUT2D eigenvalue weighted by atomic mass is 32.2. The maximum Gasteiger partial charge on any atom is 0.191 e. The predicted molar refractivity (Wildman–Crippen MR) is 80.4 cm³/mol. The van der Waals surface area contributed by atoms with Crippen LogP contribution >= 0.6 is 11.8 Å². The highest BCUT2D eigenvalue weighted by Crippen LogP contribution is 2.45. The Hall–Kier alpha value is -0.420. The zero-order valence-electron chi connectivity index (χ0n) is 11.7. The molecule has 1 fully saturated rings. The number of unbranched alkanes of at least 4 members (excludes halogenated alkanes) is 1. The molecule has 0 aliphatic heterocycles. The number of hydrogen-bond acceptors (Lipinski definition) is 3. The van der Waals surface area contributed by atoms with E-state index in [0.717, 1.165) is 38.4 Å². The van der Waals surface area contributed by atoms with E-state index < -0.39 is 0 Å². The topological polar surface area (TPSA) is 56.7 Å². The van der Waals surface area contributed by atoms with Crippen LogP contribution in [0.25, 0.3) is 0 Å². The van der Waals surface area contributed by atoms with Gasteiger partial charge in [-0.3, -0.25) is 4.99 Å². The highest BCUT2D eigenvalue weighted by molar-refractivity contribution is 7.98. The Morgan fingerprint density at radius 2 is 2.11 bits per heavy atom. The smallest absolute Gasteiger partial charge is 0.191 e. The largest absolute Gasteiger partial charge is 0.396 e. The molecule has 5 heteroatoms. The second kappa shape index (κ2) is 8.64. The standard InChI is InChI=1S/C13H27N3OS/c1-3-14-12(15-8-4-5-9-18-2)16-10-13(11-17)6-7-13/h17H,3-11H2,1-2H3,(H2,14,15,16). The van der Waals surface area contributed by atoms with Gasteiger partial charge in [-0.15, -0.1) is 0 Å². The maximum atomic E-state index is 9.26. The zero-order chi connectivity index (χ0) is 13.3. The van der Waals surface area contributed by atoms with E-state index in [-0.39, 0.29) is 12.0 Å². The van der Waals surface area contributed by atoms with Crippen LogP contribution in [-0.2, 0) is 0 Å². The number of nitrogens with zero attached hydrogens (tertiary/aromatic N) is 1. The Balaban J connectivity index is 2.23. The molecule has 0 aromatic carbocycles. The molecule has 18 heavy (non-hydrogen) atoms. The Bertz CT molecular complexity index is 255. The molecule has 0 atom stereocenters. The van der Waals surface area contributed by atoms with Gasteiger partial charge >= 0.3 is 0 Å². The predicted octanol–water partition coefficient (Wildman–Crippen LogP) is 1.46. The first kappa shape index (κ1) is 15.6. The van der Waals surface area contributed by atoms with Crippen LogP contribution in [0.5, 0.6) is 0 Å². The summed E-state index contributed by atoms with van der Waals surface area (Å²) in [4.78, 5) is 4.57. The van der Waals surface area contributed by atoms with E-state index >= 15 is 0 Å². The van der Waals surface area contributed by atoms with Gasteiger partial charge in [-0.05, 0) is 44.6 Å². The lowest BCUT2D eigenvalue weighted by molar-refractivity contribution is 0.217. The first-order valence-corrected chi connectivity index (χ1v) is 8.28. The number of aliphatic hydroxyl groups excluding tert-OH is 1. The highest BCUT2D eigenvalue weighted by Gasteiger charge is 2.41. The average Bonchev–Trinajstić information content (AvgIpc) is 3.16. The van der Waals surface area contributed by atoms with Gasteiger partial charge in [-0.25, -0.2) is 0 Å². The quantitative estimate of drug-likeness (QED) is 0.338. The van der Waals surface area contributed by atoms with Crippen LogP contribution in [0.3, 0.4) is 0 Å². The van der Waals surface area contributed by atoms with Gasteiger partial charge in [0, 0.05) is 18.5 Å². The van der Waals surface area contributed by atoms with Crippen LogP contribution in [-0.4, -0.2) is 49.3 Å². The number of rotatable bonds is 9. The summed E-state index contributed by atoms with van der Waals surface area (Å²) in [5.74, 6) is 2.12. The van der Waals surface area contributed by atoms with Crippen molar-refractivity contribution >= 4 is 17.7 Å². The number of nitrogens with one attached hydrogen (secondary N) is 2. The average molecular weight is 273 g/mol. The summed E-state index contributed by atoms with van der Waals surface area (Å²) >= 11 is 1.89. The number of thioether (sulfide) groups is 1. The molecule has 106 valence electrons. The Kier molecular flexibility index (Phi) is 7.51. The molecule has 0 aromatic rings. The summed E-state index contributed by atoms with van der Waals surface area (Å²) in [5.41, 5.74) is 0.0984. The van der Waals surface area contributed by atoms with Crippen LogP contribution in [0.1, 0.15) is 32.6 Å². The Morgan fingerprint density at radius 3 is 2.67 bits per heavy atom. The lowest BCUT2D eigenvalue weighted by Crippen LogP contribution is -2.38. The number of aliphatic imine (C=N–C) groups is 1. The molecule has 0 amide bonds. The Morgan fingerprint density at radius 1 is 1.33 bits per heavy atom. The molecule has 0 saturated heterocycles. The third-order valence-electron chi connectivity index (χ3n) is 3.28. The van der Waals surface area contributed by atoms with Crippen molar-refractivity contribution in [3.8, 4) is 0 Å².